The molecule has 2 amide bonds. The molecule has 0 aromatic rings. The number of nitrogens with zero attached hydrogens (tertiary/aromatic N) is 1. The van der Waals surface area contributed by atoms with Crippen LogP contribution in [0.25, 0.3) is 0 Å². The van der Waals surface area contributed by atoms with Gasteiger partial charge in [0.15, 0.2) is 5.96 Å². The fraction of sp³-hybridized carbons (Fsp3) is 0.733. The number of thiol groups is 1. The van der Waals surface area contributed by atoms with E-state index in [1.165, 1.54) is 0 Å². The number of aliphatic imine (C=N–C) groups is 1. The normalized spacial score (nSPS) is 15.2. The number of carboxylic acids is 1. The number of carbonyl (C=O) groups is 3. The summed E-state index contributed by atoms with van der Waals surface area (Å²) in [5.74, 6) is -2.53. The van der Waals surface area contributed by atoms with E-state index in [0.29, 0.717) is 12.8 Å². The summed E-state index contributed by atoms with van der Waals surface area (Å²) < 4.78 is 0. The zero-order valence-electron chi connectivity index (χ0n) is 15.1. The third kappa shape index (κ3) is 8.90. The van der Waals surface area contributed by atoms with Crippen molar-refractivity contribution in [3.63, 3.8) is 0 Å². The maximum absolute atomic E-state index is 12.4. The van der Waals surface area contributed by atoms with Crippen molar-refractivity contribution >= 4 is 36.4 Å². The van der Waals surface area contributed by atoms with Gasteiger partial charge in [-0.25, -0.2) is 4.79 Å². The van der Waals surface area contributed by atoms with E-state index < -0.39 is 35.9 Å². The number of carboxylic acid groups (broad SMARTS) is 1. The van der Waals surface area contributed by atoms with Gasteiger partial charge in [-0.2, -0.15) is 12.6 Å². The second-order valence-corrected chi connectivity index (χ2v) is 6.37. The lowest BCUT2D eigenvalue weighted by Crippen LogP contribution is -2.55. The molecule has 0 rings (SSSR count). The highest BCUT2D eigenvalue weighted by atomic mass is 32.1. The Labute approximate surface area is 158 Å². The Morgan fingerprint density at radius 2 is 1.73 bits per heavy atom. The summed E-state index contributed by atoms with van der Waals surface area (Å²) >= 11 is 3.90. The topological polar surface area (TPSA) is 186 Å². The van der Waals surface area contributed by atoms with Crippen LogP contribution in [0.3, 0.4) is 0 Å². The van der Waals surface area contributed by atoms with E-state index in [1.807, 2.05) is 13.8 Å². The predicted octanol–water partition coefficient (Wildman–Crippen LogP) is -1.60. The summed E-state index contributed by atoms with van der Waals surface area (Å²) in [6.07, 6.45) is 1.34. The quantitative estimate of drug-likeness (QED) is 0.0904. The first-order valence-corrected chi connectivity index (χ1v) is 9.02. The second kappa shape index (κ2) is 12.4. The molecule has 0 unspecified atom stereocenters. The van der Waals surface area contributed by atoms with Crippen LogP contribution in [-0.4, -0.2) is 59.3 Å². The number of rotatable bonds is 12. The van der Waals surface area contributed by atoms with Crippen molar-refractivity contribution in [2.45, 2.75) is 51.2 Å². The molecule has 0 saturated carbocycles. The van der Waals surface area contributed by atoms with Crippen LogP contribution in [0.2, 0.25) is 0 Å². The van der Waals surface area contributed by atoms with Gasteiger partial charge in [-0.1, -0.05) is 20.3 Å². The lowest BCUT2D eigenvalue weighted by molar-refractivity contribution is -0.141. The monoisotopic (exact) mass is 390 g/mol. The van der Waals surface area contributed by atoms with Crippen molar-refractivity contribution in [1.82, 2.24) is 10.6 Å². The van der Waals surface area contributed by atoms with Crippen LogP contribution in [0.15, 0.2) is 4.99 Å². The molecule has 0 aromatic heterocycles. The highest BCUT2D eigenvalue weighted by molar-refractivity contribution is 7.80. The van der Waals surface area contributed by atoms with Crippen LogP contribution in [0, 0.1) is 5.92 Å². The Balaban J connectivity index is 5.03. The van der Waals surface area contributed by atoms with Crippen molar-refractivity contribution in [2.75, 3.05) is 12.3 Å². The molecule has 10 nitrogen and oxygen atoms in total. The highest BCUT2D eigenvalue weighted by Crippen LogP contribution is 2.07. The molecule has 0 fully saturated rings. The summed E-state index contributed by atoms with van der Waals surface area (Å²) in [5, 5.41) is 14.0. The third-order valence-corrected chi connectivity index (χ3v) is 4.30. The SMILES string of the molecule is CC[C@H](C)[C@H](N)C(=O)N[C@@H](CCCN=C(N)N)C(=O)N[C@@H](CS)C(=O)O. The van der Waals surface area contributed by atoms with E-state index >= 15 is 0 Å². The van der Waals surface area contributed by atoms with Crippen LogP contribution >= 0.6 is 12.6 Å². The van der Waals surface area contributed by atoms with Crippen LogP contribution in [0.5, 0.6) is 0 Å². The first kappa shape index (κ1) is 24.0. The van der Waals surface area contributed by atoms with Gasteiger partial charge in [0.1, 0.15) is 12.1 Å². The lowest BCUT2D eigenvalue weighted by atomic mass is 9.98. The van der Waals surface area contributed by atoms with Gasteiger partial charge in [0.05, 0.1) is 6.04 Å². The Morgan fingerprint density at radius 3 is 2.19 bits per heavy atom. The minimum atomic E-state index is -1.21. The maximum atomic E-state index is 12.4. The Bertz CT molecular complexity index is 512. The zero-order valence-corrected chi connectivity index (χ0v) is 16.0. The standard InChI is InChI=1S/C15H30N6O4S/c1-3-8(2)11(16)13(23)20-9(5-4-6-19-15(17)18)12(22)21-10(7-26)14(24)25/h8-11,26H,3-7,16H2,1-2H3,(H,20,23)(H,21,22)(H,24,25)(H4,17,18,19)/t8-,9-,10-,11-/m0/s1. The van der Waals surface area contributed by atoms with Gasteiger partial charge in [-0.15, -0.1) is 0 Å². The number of hydrogen-bond donors (Lipinski definition) is 7. The fourth-order valence-electron chi connectivity index (χ4n) is 2.01. The van der Waals surface area contributed by atoms with E-state index in [4.69, 9.17) is 22.3 Å². The largest absolute Gasteiger partial charge is 0.480 e. The average Bonchev–Trinajstić information content (AvgIpc) is 2.59. The van der Waals surface area contributed by atoms with Crippen molar-refractivity contribution < 1.29 is 19.5 Å². The van der Waals surface area contributed by atoms with Crippen LogP contribution in [0.4, 0.5) is 0 Å². The van der Waals surface area contributed by atoms with E-state index in [9.17, 15) is 14.4 Å². The first-order chi connectivity index (χ1) is 12.1. The van der Waals surface area contributed by atoms with Crippen LogP contribution in [0.1, 0.15) is 33.1 Å². The first-order valence-electron chi connectivity index (χ1n) is 8.39. The molecule has 9 N–H and O–H groups in total. The molecule has 11 heteroatoms. The molecule has 0 aliphatic carbocycles. The molecule has 0 bridgehead atoms. The summed E-state index contributed by atoms with van der Waals surface area (Å²) in [6, 6.07) is -2.88. The summed E-state index contributed by atoms with van der Waals surface area (Å²) in [4.78, 5) is 39.5. The average molecular weight is 391 g/mol. The van der Waals surface area contributed by atoms with Crippen molar-refractivity contribution in [3.8, 4) is 0 Å². The highest BCUT2D eigenvalue weighted by Gasteiger charge is 2.28. The molecular weight excluding hydrogens is 360 g/mol. The van der Waals surface area contributed by atoms with Gasteiger partial charge >= 0.3 is 5.97 Å². The molecule has 150 valence electrons. The molecule has 0 aromatic carbocycles. The second-order valence-electron chi connectivity index (χ2n) is 6.00. The van der Waals surface area contributed by atoms with Gasteiger partial charge in [0, 0.05) is 12.3 Å². The summed E-state index contributed by atoms with van der Waals surface area (Å²) in [5.41, 5.74) is 16.4. The molecule has 0 radical (unpaired) electrons. The van der Waals surface area contributed by atoms with Crippen LogP contribution < -0.4 is 27.8 Å². The molecule has 0 saturated heterocycles. The van der Waals surface area contributed by atoms with Gasteiger partial charge in [0.25, 0.3) is 0 Å². The Hall–Kier alpha value is -2.01. The minimum Gasteiger partial charge on any atom is -0.480 e. The number of guanidine groups is 1. The van der Waals surface area contributed by atoms with Gasteiger partial charge in [-0.3, -0.25) is 14.6 Å². The smallest absolute Gasteiger partial charge is 0.327 e. The molecule has 0 heterocycles. The number of carbonyl (C=O) groups excluding carboxylic acids is 2. The van der Waals surface area contributed by atoms with Crippen LogP contribution in [-0.2, 0) is 14.4 Å². The molecular formula is C15H30N6O4S. The molecule has 0 spiro atoms. The molecule has 0 aliphatic heterocycles. The van der Waals surface area contributed by atoms with E-state index in [1.54, 1.807) is 0 Å². The van der Waals surface area contributed by atoms with Gasteiger partial charge < -0.3 is 32.9 Å². The number of aliphatic carboxylic acids is 1. The van der Waals surface area contributed by atoms with Gasteiger partial charge in [0.2, 0.25) is 11.8 Å². The Kier molecular flexibility index (Phi) is 11.4. The molecule has 26 heavy (non-hydrogen) atoms. The van der Waals surface area contributed by atoms with E-state index in [-0.39, 0.29) is 30.6 Å². The lowest BCUT2D eigenvalue weighted by Gasteiger charge is -2.24. The van der Waals surface area contributed by atoms with Crippen molar-refractivity contribution in [2.24, 2.45) is 28.1 Å². The fourth-order valence-corrected chi connectivity index (χ4v) is 2.26. The number of hydrogen-bond acceptors (Lipinski definition) is 6. The predicted molar refractivity (Wildman–Crippen MR) is 103 cm³/mol. The number of nitrogens with two attached hydrogens (primary N) is 3. The molecule has 0 aliphatic rings. The third-order valence-electron chi connectivity index (χ3n) is 3.94. The maximum Gasteiger partial charge on any atom is 0.327 e. The molecule has 4 atom stereocenters. The minimum absolute atomic E-state index is 0.0652. The number of nitrogens with one attached hydrogen (secondary N) is 2. The van der Waals surface area contributed by atoms with Crippen molar-refractivity contribution in [3.05, 3.63) is 0 Å². The Morgan fingerprint density at radius 1 is 1.15 bits per heavy atom. The van der Waals surface area contributed by atoms with E-state index in [0.717, 1.165) is 0 Å². The van der Waals surface area contributed by atoms with E-state index in [2.05, 4.69) is 28.3 Å². The summed E-state index contributed by atoms with van der Waals surface area (Å²) in [7, 11) is 0. The summed E-state index contributed by atoms with van der Waals surface area (Å²) in [6.45, 7) is 4.01. The number of amides is 2. The zero-order chi connectivity index (χ0) is 20.3. The van der Waals surface area contributed by atoms with Crippen molar-refractivity contribution in [1.29, 1.82) is 0 Å². The van der Waals surface area contributed by atoms with Gasteiger partial charge in [-0.05, 0) is 18.8 Å².